The summed E-state index contributed by atoms with van der Waals surface area (Å²) in [6.45, 7) is 8.25. The number of imidazole rings is 1. The highest BCUT2D eigenvalue weighted by molar-refractivity contribution is 5.73. The second kappa shape index (κ2) is 7.48. The van der Waals surface area contributed by atoms with Gasteiger partial charge < -0.3 is 14.9 Å². The molecule has 7 nitrogen and oxygen atoms in total. The van der Waals surface area contributed by atoms with Crippen LogP contribution in [-0.2, 0) is 0 Å². The minimum Gasteiger partial charge on any atom is -0.508 e. The molecular formula is C18H24N6O. The predicted octanol–water partition coefficient (Wildman–Crippen LogP) is 2.30. The van der Waals surface area contributed by atoms with E-state index in [2.05, 4.69) is 33.6 Å². The molecule has 25 heavy (non-hydrogen) atoms. The lowest BCUT2D eigenvalue weighted by Gasteiger charge is -2.23. The van der Waals surface area contributed by atoms with Gasteiger partial charge in [-0.2, -0.15) is 4.98 Å². The molecule has 0 aliphatic rings. The van der Waals surface area contributed by atoms with Gasteiger partial charge in [0.15, 0.2) is 5.65 Å². The average Bonchev–Trinajstić information content (AvgIpc) is 3.06. The van der Waals surface area contributed by atoms with Gasteiger partial charge in [-0.3, -0.25) is 4.57 Å². The van der Waals surface area contributed by atoms with Gasteiger partial charge in [0.2, 0.25) is 5.95 Å². The Morgan fingerprint density at radius 2 is 1.76 bits per heavy atom. The molecule has 132 valence electrons. The van der Waals surface area contributed by atoms with E-state index in [9.17, 15) is 5.11 Å². The highest BCUT2D eigenvalue weighted by Gasteiger charge is 2.12. The van der Waals surface area contributed by atoms with Crippen LogP contribution in [0.4, 0.5) is 5.95 Å². The van der Waals surface area contributed by atoms with Crippen molar-refractivity contribution >= 4 is 17.1 Å². The van der Waals surface area contributed by atoms with E-state index >= 15 is 0 Å². The normalized spacial score (nSPS) is 11.4. The number of nitrogens with zero attached hydrogens (tertiary/aromatic N) is 6. The van der Waals surface area contributed by atoms with Crippen LogP contribution in [0.15, 0.2) is 36.8 Å². The van der Waals surface area contributed by atoms with Crippen molar-refractivity contribution in [3.8, 4) is 11.4 Å². The van der Waals surface area contributed by atoms with E-state index in [4.69, 9.17) is 4.98 Å². The van der Waals surface area contributed by atoms with Gasteiger partial charge in [0.25, 0.3) is 0 Å². The van der Waals surface area contributed by atoms with E-state index in [1.54, 1.807) is 24.7 Å². The Bertz CT molecular complexity index is 825. The fourth-order valence-corrected chi connectivity index (χ4v) is 2.72. The standard InChI is InChI=1S/C18H24N6O/c1-4-23(5-2)11-10-22(3)18-19-12-16-17(21-18)24(13-20-16)14-6-8-15(25)9-7-14/h6-9,12-13,25H,4-5,10-11H2,1-3H3. The number of fused-ring (bicyclic) bond motifs is 1. The van der Waals surface area contributed by atoms with Crippen LogP contribution >= 0.6 is 0 Å². The van der Waals surface area contributed by atoms with Crippen molar-refractivity contribution in [2.24, 2.45) is 0 Å². The fraction of sp³-hybridized carbons (Fsp3) is 0.389. The SMILES string of the molecule is CCN(CC)CCN(C)c1ncc2ncn(-c3ccc(O)cc3)c2n1. The van der Waals surface area contributed by atoms with E-state index in [0.29, 0.717) is 5.95 Å². The molecule has 0 atom stereocenters. The number of anilines is 1. The van der Waals surface area contributed by atoms with Crippen molar-refractivity contribution in [1.29, 1.82) is 0 Å². The van der Waals surface area contributed by atoms with E-state index in [1.807, 2.05) is 23.7 Å². The molecule has 0 aliphatic carbocycles. The topological polar surface area (TPSA) is 70.3 Å². The van der Waals surface area contributed by atoms with Crippen LogP contribution < -0.4 is 4.90 Å². The van der Waals surface area contributed by atoms with Crippen LogP contribution in [0.5, 0.6) is 5.75 Å². The van der Waals surface area contributed by atoms with Crippen molar-refractivity contribution in [3.05, 3.63) is 36.8 Å². The van der Waals surface area contributed by atoms with Gasteiger partial charge in [-0.1, -0.05) is 13.8 Å². The number of likely N-dealkylation sites (N-methyl/N-ethyl adjacent to an activating group) is 2. The maximum absolute atomic E-state index is 9.47. The third kappa shape index (κ3) is 3.71. The van der Waals surface area contributed by atoms with Crippen molar-refractivity contribution < 1.29 is 5.11 Å². The first-order chi connectivity index (χ1) is 12.1. The third-order valence-corrected chi connectivity index (χ3v) is 4.39. The molecule has 7 heteroatoms. The van der Waals surface area contributed by atoms with Crippen LogP contribution in [0.1, 0.15) is 13.8 Å². The second-order valence-corrected chi connectivity index (χ2v) is 5.96. The van der Waals surface area contributed by atoms with Crippen molar-refractivity contribution in [2.75, 3.05) is 38.1 Å². The van der Waals surface area contributed by atoms with Gasteiger partial charge >= 0.3 is 0 Å². The monoisotopic (exact) mass is 340 g/mol. The molecule has 0 saturated carbocycles. The molecule has 0 unspecified atom stereocenters. The van der Waals surface area contributed by atoms with E-state index in [-0.39, 0.29) is 5.75 Å². The Morgan fingerprint density at radius 1 is 1.04 bits per heavy atom. The zero-order valence-electron chi connectivity index (χ0n) is 14.9. The number of hydrogen-bond acceptors (Lipinski definition) is 6. The molecule has 2 aromatic heterocycles. The van der Waals surface area contributed by atoms with Crippen molar-refractivity contribution in [3.63, 3.8) is 0 Å². The van der Waals surface area contributed by atoms with Gasteiger partial charge in [0, 0.05) is 25.8 Å². The summed E-state index contributed by atoms with van der Waals surface area (Å²) in [7, 11) is 2.01. The van der Waals surface area contributed by atoms with Crippen LogP contribution in [0, 0.1) is 0 Å². The van der Waals surface area contributed by atoms with Crippen LogP contribution in [0.25, 0.3) is 16.9 Å². The Labute approximate surface area is 147 Å². The van der Waals surface area contributed by atoms with Crippen LogP contribution in [0.3, 0.4) is 0 Å². The first-order valence-corrected chi connectivity index (χ1v) is 8.55. The molecule has 2 heterocycles. The predicted molar refractivity (Wildman–Crippen MR) is 99.4 cm³/mol. The molecule has 0 aliphatic heterocycles. The van der Waals surface area contributed by atoms with Crippen molar-refractivity contribution in [2.45, 2.75) is 13.8 Å². The second-order valence-electron chi connectivity index (χ2n) is 5.96. The fourth-order valence-electron chi connectivity index (χ4n) is 2.72. The summed E-state index contributed by atoms with van der Waals surface area (Å²) in [4.78, 5) is 17.9. The summed E-state index contributed by atoms with van der Waals surface area (Å²) in [5.41, 5.74) is 2.40. The number of aromatic nitrogens is 4. The van der Waals surface area contributed by atoms with Gasteiger partial charge in [0.05, 0.1) is 6.20 Å². The Morgan fingerprint density at radius 3 is 2.44 bits per heavy atom. The summed E-state index contributed by atoms with van der Waals surface area (Å²) in [6.07, 6.45) is 3.48. The highest BCUT2D eigenvalue weighted by atomic mass is 16.3. The van der Waals surface area contributed by atoms with Crippen LogP contribution in [0.2, 0.25) is 0 Å². The minimum atomic E-state index is 0.236. The zero-order valence-corrected chi connectivity index (χ0v) is 14.9. The van der Waals surface area contributed by atoms with Crippen LogP contribution in [-0.4, -0.2) is 62.8 Å². The molecule has 1 N–H and O–H groups in total. The summed E-state index contributed by atoms with van der Waals surface area (Å²) < 4.78 is 1.90. The third-order valence-electron chi connectivity index (χ3n) is 4.39. The lowest BCUT2D eigenvalue weighted by molar-refractivity contribution is 0.310. The molecule has 3 aromatic rings. The van der Waals surface area contributed by atoms with E-state index in [1.165, 1.54) is 0 Å². The van der Waals surface area contributed by atoms with Gasteiger partial charge in [-0.25, -0.2) is 9.97 Å². The molecule has 3 rings (SSSR count). The first-order valence-electron chi connectivity index (χ1n) is 8.55. The van der Waals surface area contributed by atoms with E-state index in [0.717, 1.165) is 43.0 Å². The maximum atomic E-state index is 9.47. The summed E-state index contributed by atoms with van der Waals surface area (Å²) in [6, 6.07) is 6.98. The molecule has 0 amide bonds. The Kier molecular flexibility index (Phi) is 5.14. The molecule has 0 spiro atoms. The largest absolute Gasteiger partial charge is 0.508 e. The summed E-state index contributed by atoms with van der Waals surface area (Å²) >= 11 is 0. The number of phenolic OH excluding ortho intramolecular Hbond substituents is 1. The van der Waals surface area contributed by atoms with Crippen molar-refractivity contribution in [1.82, 2.24) is 24.4 Å². The Hall–Kier alpha value is -2.67. The molecule has 1 aromatic carbocycles. The molecule has 0 saturated heterocycles. The van der Waals surface area contributed by atoms with E-state index < -0.39 is 0 Å². The highest BCUT2D eigenvalue weighted by Crippen LogP contribution is 2.20. The Balaban J connectivity index is 1.86. The molecule has 0 fully saturated rings. The smallest absolute Gasteiger partial charge is 0.227 e. The van der Waals surface area contributed by atoms with Gasteiger partial charge in [-0.05, 0) is 37.4 Å². The maximum Gasteiger partial charge on any atom is 0.227 e. The summed E-state index contributed by atoms with van der Waals surface area (Å²) in [5, 5.41) is 9.47. The molecule has 0 bridgehead atoms. The lowest BCUT2D eigenvalue weighted by atomic mass is 10.3. The zero-order chi connectivity index (χ0) is 17.8. The molecular weight excluding hydrogens is 316 g/mol. The summed E-state index contributed by atoms with van der Waals surface area (Å²) in [5.74, 6) is 0.916. The van der Waals surface area contributed by atoms with Gasteiger partial charge in [0.1, 0.15) is 17.6 Å². The minimum absolute atomic E-state index is 0.236. The average molecular weight is 340 g/mol. The lowest BCUT2D eigenvalue weighted by Crippen LogP contribution is -2.33. The quantitative estimate of drug-likeness (QED) is 0.712. The number of hydrogen-bond donors (Lipinski definition) is 1. The number of rotatable bonds is 7. The number of benzene rings is 1. The number of phenols is 1. The molecule has 0 radical (unpaired) electrons. The first kappa shape index (κ1) is 17.2. The number of aromatic hydroxyl groups is 1. The van der Waals surface area contributed by atoms with Gasteiger partial charge in [-0.15, -0.1) is 0 Å².